The maximum absolute atomic E-state index is 10.9. The highest BCUT2D eigenvalue weighted by Crippen LogP contribution is 2.45. The molecule has 1 N–H and O–H groups in total. The zero-order chi connectivity index (χ0) is 17.6. The Morgan fingerprint density at radius 2 is 1.76 bits per heavy atom. The number of hydrogen-bond donors (Lipinski definition) is 1. The summed E-state index contributed by atoms with van der Waals surface area (Å²) in [6.45, 7) is 3.04. The second-order valence-electron chi connectivity index (χ2n) is 5.56. The Balaban J connectivity index is 1.91. The van der Waals surface area contributed by atoms with Crippen molar-refractivity contribution in [2.45, 2.75) is 6.92 Å². The summed E-state index contributed by atoms with van der Waals surface area (Å²) in [5.74, 6) is 1.50. The summed E-state index contributed by atoms with van der Waals surface area (Å²) in [6.07, 6.45) is 7.31. The average Bonchev–Trinajstić information content (AvgIpc) is 2.63. The van der Waals surface area contributed by atoms with Crippen molar-refractivity contribution in [3.63, 3.8) is 0 Å². The van der Waals surface area contributed by atoms with E-state index in [9.17, 15) is 4.79 Å². The number of amides is 1. The van der Waals surface area contributed by atoms with Gasteiger partial charge in [0.05, 0.1) is 11.4 Å². The molecule has 1 aliphatic rings. The first-order valence-electron chi connectivity index (χ1n) is 8.06. The number of rotatable bonds is 6. The van der Waals surface area contributed by atoms with Crippen LogP contribution in [0.5, 0.6) is 0 Å². The fraction of sp³-hybridized carbons (Fsp3) is 0.278. The third-order valence-corrected chi connectivity index (χ3v) is 3.82. The highest BCUT2D eigenvalue weighted by atomic mass is 16.5. The van der Waals surface area contributed by atoms with Crippen LogP contribution in [0.1, 0.15) is 6.92 Å². The first kappa shape index (κ1) is 16.9. The Morgan fingerprint density at radius 3 is 2.40 bits per heavy atom. The predicted octanol–water partition coefficient (Wildman–Crippen LogP) is 2.36. The summed E-state index contributed by atoms with van der Waals surface area (Å²) in [4.78, 5) is 24.1. The minimum Gasteiger partial charge on any atom is -0.364 e. The number of anilines is 4. The van der Waals surface area contributed by atoms with Crippen molar-refractivity contribution < 1.29 is 9.53 Å². The molecular weight excluding hydrogens is 318 g/mol. The van der Waals surface area contributed by atoms with Gasteiger partial charge in [-0.25, -0.2) is 9.97 Å². The molecule has 7 nitrogen and oxygen atoms in total. The second kappa shape index (κ2) is 7.76. The monoisotopic (exact) mass is 339 g/mol. The first-order chi connectivity index (χ1) is 12.2. The number of carbonyl (C=O) groups is 1. The average molecular weight is 339 g/mol. The van der Waals surface area contributed by atoms with E-state index < -0.39 is 0 Å². The molecule has 2 aromatic rings. The Kier molecular flexibility index (Phi) is 5.25. The van der Waals surface area contributed by atoms with Crippen molar-refractivity contribution >= 4 is 28.9 Å². The number of methoxy groups -OCH3 is 1. The van der Waals surface area contributed by atoms with Crippen LogP contribution in [0.3, 0.4) is 0 Å². The van der Waals surface area contributed by atoms with Crippen molar-refractivity contribution in [1.29, 1.82) is 0 Å². The van der Waals surface area contributed by atoms with E-state index in [4.69, 9.17) is 4.74 Å². The third-order valence-electron chi connectivity index (χ3n) is 3.82. The molecule has 0 atom stereocenters. The number of carbonyl (C=O) groups excluding carboxylic acids is 1. The highest BCUT2D eigenvalue weighted by molar-refractivity contribution is 5.89. The van der Waals surface area contributed by atoms with Crippen LogP contribution in [-0.2, 0) is 9.53 Å². The van der Waals surface area contributed by atoms with E-state index in [0.717, 1.165) is 23.0 Å². The van der Waals surface area contributed by atoms with Gasteiger partial charge in [0, 0.05) is 39.5 Å². The van der Waals surface area contributed by atoms with Gasteiger partial charge in [0.1, 0.15) is 6.73 Å². The molecule has 7 heteroatoms. The molecule has 0 spiro atoms. The van der Waals surface area contributed by atoms with Crippen molar-refractivity contribution in [1.82, 2.24) is 15.3 Å². The molecule has 0 saturated heterocycles. The summed E-state index contributed by atoms with van der Waals surface area (Å²) in [7, 11) is 1.66. The van der Waals surface area contributed by atoms with Crippen molar-refractivity contribution in [3.05, 3.63) is 48.8 Å². The quantitative estimate of drug-likeness (QED) is 0.815. The SMILES string of the molecule is COCN1c2ccccc2N(C/C=C/CNC(C)=O)c2nccnc21. The zero-order valence-corrected chi connectivity index (χ0v) is 14.3. The number of benzene rings is 1. The Labute approximate surface area is 146 Å². The molecule has 1 aromatic heterocycles. The van der Waals surface area contributed by atoms with Gasteiger partial charge in [0.15, 0.2) is 11.6 Å². The number of nitrogens with one attached hydrogen (secondary N) is 1. The number of para-hydroxylation sites is 2. The van der Waals surface area contributed by atoms with Crippen molar-refractivity contribution in [2.75, 3.05) is 36.7 Å². The second-order valence-corrected chi connectivity index (χ2v) is 5.56. The molecule has 130 valence electrons. The Morgan fingerprint density at radius 1 is 1.12 bits per heavy atom. The summed E-state index contributed by atoms with van der Waals surface area (Å²) in [5.41, 5.74) is 2.06. The molecular formula is C18H21N5O2. The summed E-state index contributed by atoms with van der Waals surface area (Å²) >= 11 is 0. The van der Waals surface area contributed by atoms with Gasteiger partial charge in [0.25, 0.3) is 0 Å². The van der Waals surface area contributed by atoms with Crippen molar-refractivity contribution in [3.8, 4) is 0 Å². The third kappa shape index (κ3) is 3.61. The molecule has 0 radical (unpaired) electrons. The Bertz CT molecular complexity index is 730. The van der Waals surface area contributed by atoms with E-state index in [2.05, 4.69) is 26.3 Å². The van der Waals surface area contributed by atoms with Gasteiger partial charge in [-0.3, -0.25) is 9.69 Å². The normalized spacial score (nSPS) is 12.9. The number of aromatic nitrogens is 2. The fourth-order valence-corrected chi connectivity index (χ4v) is 2.76. The van der Waals surface area contributed by atoms with Gasteiger partial charge in [0.2, 0.25) is 5.91 Å². The lowest BCUT2D eigenvalue weighted by Gasteiger charge is -2.37. The summed E-state index contributed by atoms with van der Waals surface area (Å²) < 4.78 is 5.35. The van der Waals surface area contributed by atoms with Gasteiger partial charge >= 0.3 is 0 Å². The molecule has 0 saturated carbocycles. The lowest BCUT2D eigenvalue weighted by Crippen LogP contribution is -2.32. The molecule has 3 rings (SSSR count). The lowest BCUT2D eigenvalue weighted by atomic mass is 10.1. The van der Waals surface area contributed by atoms with E-state index in [1.54, 1.807) is 19.5 Å². The van der Waals surface area contributed by atoms with Gasteiger partial charge in [-0.2, -0.15) is 0 Å². The number of fused-ring (bicyclic) bond motifs is 2. The molecule has 0 unspecified atom stereocenters. The van der Waals surface area contributed by atoms with E-state index >= 15 is 0 Å². The van der Waals surface area contributed by atoms with Crippen LogP contribution in [-0.4, -0.2) is 42.8 Å². The van der Waals surface area contributed by atoms with E-state index in [1.807, 2.05) is 35.3 Å². The molecule has 1 aromatic carbocycles. The molecule has 0 fully saturated rings. The maximum Gasteiger partial charge on any atom is 0.217 e. The molecule has 2 heterocycles. The van der Waals surface area contributed by atoms with Crippen LogP contribution in [0.15, 0.2) is 48.8 Å². The minimum atomic E-state index is -0.0422. The molecule has 1 aliphatic heterocycles. The number of ether oxygens (including phenoxy) is 1. The Hall–Kier alpha value is -2.93. The van der Waals surface area contributed by atoms with Gasteiger partial charge < -0.3 is 15.0 Å². The smallest absolute Gasteiger partial charge is 0.217 e. The molecule has 1 amide bonds. The lowest BCUT2D eigenvalue weighted by molar-refractivity contribution is -0.118. The maximum atomic E-state index is 10.9. The summed E-state index contributed by atoms with van der Waals surface area (Å²) in [5, 5.41) is 2.75. The number of hydrogen-bond acceptors (Lipinski definition) is 6. The highest BCUT2D eigenvalue weighted by Gasteiger charge is 2.29. The minimum absolute atomic E-state index is 0.0422. The van der Waals surface area contributed by atoms with E-state index in [1.165, 1.54) is 6.92 Å². The van der Waals surface area contributed by atoms with Crippen LogP contribution in [0, 0.1) is 0 Å². The molecule has 0 aliphatic carbocycles. The molecule has 25 heavy (non-hydrogen) atoms. The van der Waals surface area contributed by atoms with Crippen LogP contribution < -0.4 is 15.1 Å². The summed E-state index contributed by atoms with van der Waals surface area (Å²) in [6, 6.07) is 8.09. The standard InChI is InChI=1S/C18H21N5O2/c1-14(24)19-9-5-6-12-22-15-7-3-4-8-16(15)23(13-25-2)18-17(22)20-10-11-21-18/h3-8,10-11H,9,12-13H2,1-2H3,(H,19,24)/b6-5+. The van der Waals surface area contributed by atoms with Crippen LogP contribution in [0.4, 0.5) is 23.0 Å². The van der Waals surface area contributed by atoms with Crippen LogP contribution in [0.25, 0.3) is 0 Å². The van der Waals surface area contributed by atoms with Crippen LogP contribution in [0.2, 0.25) is 0 Å². The van der Waals surface area contributed by atoms with E-state index in [-0.39, 0.29) is 5.91 Å². The van der Waals surface area contributed by atoms with Gasteiger partial charge in [-0.05, 0) is 12.1 Å². The largest absolute Gasteiger partial charge is 0.364 e. The van der Waals surface area contributed by atoms with Crippen molar-refractivity contribution in [2.24, 2.45) is 0 Å². The van der Waals surface area contributed by atoms with Gasteiger partial charge in [-0.15, -0.1) is 0 Å². The zero-order valence-electron chi connectivity index (χ0n) is 14.3. The predicted molar refractivity (Wildman–Crippen MR) is 97.3 cm³/mol. The van der Waals surface area contributed by atoms with Gasteiger partial charge in [-0.1, -0.05) is 24.3 Å². The number of nitrogens with zero attached hydrogens (tertiary/aromatic N) is 4. The first-order valence-corrected chi connectivity index (χ1v) is 8.06. The fourth-order valence-electron chi connectivity index (χ4n) is 2.76. The molecule has 0 bridgehead atoms. The van der Waals surface area contributed by atoms with Crippen LogP contribution >= 0.6 is 0 Å². The van der Waals surface area contributed by atoms with E-state index in [0.29, 0.717) is 19.8 Å². The topological polar surface area (TPSA) is 70.6 Å².